The van der Waals surface area contributed by atoms with Crippen LogP contribution in [-0.4, -0.2) is 50.7 Å². The van der Waals surface area contributed by atoms with Crippen LogP contribution >= 0.6 is 0 Å². The van der Waals surface area contributed by atoms with Crippen LogP contribution in [0, 0.1) is 0 Å². The van der Waals surface area contributed by atoms with Crippen LogP contribution in [-0.2, 0) is 16.1 Å². The summed E-state index contributed by atoms with van der Waals surface area (Å²) in [5.74, 6) is 0.0270. The predicted molar refractivity (Wildman–Crippen MR) is 79.7 cm³/mol. The van der Waals surface area contributed by atoms with Crippen molar-refractivity contribution in [2.45, 2.75) is 19.0 Å². The minimum atomic E-state index is 0.0270. The number of hydrogen-bond donors (Lipinski definition) is 2. The summed E-state index contributed by atoms with van der Waals surface area (Å²) in [5, 5.41) is 6.29. The van der Waals surface area contributed by atoms with E-state index in [4.69, 9.17) is 4.74 Å². The smallest absolute Gasteiger partial charge is 0.226 e. The summed E-state index contributed by atoms with van der Waals surface area (Å²) >= 11 is 0. The third-order valence-corrected chi connectivity index (χ3v) is 3.21. The van der Waals surface area contributed by atoms with Gasteiger partial charge < -0.3 is 20.3 Å². The van der Waals surface area contributed by atoms with Gasteiger partial charge in [-0.15, -0.1) is 0 Å². The minimum absolute atomic E-state index is 0.0270. The van der Waals surface area contributed by atoms with Crippen LogP contribution < -0.4 is 10.6 Å². The Hall–Kier alpha value is -1.43. The maximum Gasteiger partial charge on any atom is 0.226 e. The second-order valence-corrected chi connectivity index (χ2v) is 5.37. The molecule has 1 amide bonds. The average molecular weight is 277 g/mol. The second kappa shape index (κ2) is 7.38. The van der Waals surface area contributed by atoms with E-state index in [1.165, 1.54) is 0 Å². The highest BCUT2D eigenvalue weighted by molar-refractivity contribution is 5.91. The molecule has 20 heavy (non-hydrogen) atoms. The molecule has 0 aliphatic carbocycles. The van der Waals surface area contributed by atoms with Crippen LogP contribution in [0.25, 0.3) is 0 Å². The molecule has 1 atom stereocenters. The van der Waals surface area contributed by atoms with Gasteiger partial charge in [0.2, 0.25) is 5.91 Å². The van der Waals surface area contributed by atoms with E-state index >= 15 is 0 Å². The molecule has 0 saturated carbocycles. The molecule has 1 fully saturated rings. The number of benzene rings is 1. The largest absolute Gasteiger partial charge is 0.378 e. The fourth-order valence-corrected chi connectivity index (χ4v) is 2.30. The summed E-state index contributed by atoms with van der Waals surface area (Å²) < 4.78 is 5.36. The average Bonchev–Trinajstić information content (AvgIpc) is 2.41. The summed E-state index contributed by atoms with van der Waals surface area (Å²) in [6.45, 7) is 2.95. The molecule has 1 saturated heterocycles. The lowest BCUT2D eigenvalue weighted by atomic mass is 10.1. The second-order valence-electron chi connectivity index (χ2n) is 5.37. The molecule has 2 rings (SSSR count). The third-order valence-electron chi connectivity index (χ3n) is 3.21. The van der Waals surface area contributed by atoms with E-state index in [-0.39, 0.29) is 11.9 Å². The monoisotopic (exact) mass is 277 g/mol. The van der Waals surface area contributed by atoms with E-state index in [2.05, 4.69) is 15.5 Å². The number of carbonyl (C=O) groups excluding carboxylic acids is 1. The molecule has 5 heteroatoms. The quantitative estimate of drug-likeness (QED) is 0.845. The Morgan fingerprint density at radius 2 is 2.25 bits per heavy atom. The molecule has 0 spiro atoms. The zero-order chi connectivity index (χ0) is 14.4. The zero-order valence-electron chi connectivity index (χ0n) is 12.2. The molecule has 1 aromatic rings. The van der Waals surface area contributed by atoms with Crippen molar-refractivity contribution < 1.29 is 9.53 Å². The number of rotatable bonds is 5. The molecule has 1 heterocycles. The molecular formula is C15H23N3O2. The Balaban J connectivity index is 1.93. The van der Waals surface area contributed by atoms with E-state index in [0.717, 1.165) is 30.9 Å². The number of para-hydroxylation sites is 1. The van der Waals surface area contributed by atoms with Crippen LogP contribution in [0.5, 0.6) is 0 Å². The summed E-state index contributed by atoms with van der Waals surface area (Å²) in [4.78, 5) is 14.2. The van der Waals surface area contributed by atoms with Crippen molar-refractivity contribution >= 4 is 11.6 Å². The fourth-order valence-electron chi connectivity index (χ4n) is 2.30. The first kappa shape index (κ1) is 15.0. The number of anilines is 1. The van der Waals surface area contributed by atoms with Gasteiger partial charge in [-0.3, -0.25) is 4.79 Å². The number of hydrogen-bond acceptors (Lipinski definition) is 4. The molecule has 1 unspecified atom stereocenters. The summed E-state index contributed by atoms with van der Waals surface area (Å²) in [7, 11) is 4.03. The summed E-state index contributed by atoms with van der Waals surface area (Å²) in [5.41, 5.74) is 2.02. The topological polar surface area (TPSA) is 53.6 Å². The molecule has 1 aromatic carbocycles. The van der Waals surface area contributed by atoms with Gasteiger partial charge in [-0.05, 0) is 25.7 Å². The number of nitrogens with one attached hydrogen (secondary N) is 2. The maximum atomic E-state index is 12.1. The highest BCUT2D eigenvalue weighted by Crippen LogP contribution is 2.17. The van der Waals surface area contributed by atoms with Gasteiger partial charge in [0.05, 0.1) is 13.2 Å². The Bertz CT molecular complexity index is 442. The van der Waals surface area contributed by atoms with Crippen molar-refractivity contribution in [3.8, 4) is 0 Å². The van der Waals surface area contributed by atoms with Crippen LogP contribution in [0.4, 0.5) is 5.69 Å². The first-order valence-electron chi connectivity index (χ1n) is 6.99. The molecule has 1 aliphatic rings. The molecule has 0 radical (unpaired) electrons. The third kappa shape index (κ3) is 4.59. The van der Waals surface area contributed by atoms with E-state index in [1.54, 1.807) is 0 Å². The molecule has 110 valence electrons. The Kier molecular flexibility index (Phi) is 5.52. The number of morpholine rings is 1. The van der Waals surface area contributed by atoms with Gasteiger partial charge in [-0.2, -0.15) is 0 Å². The molecule has 1 aliphatic heterocycles. The Morgan fingerprint density at radius 1 is 1.45 bits per heavy atom. The lowest BCUT2D eigenvalue weighted by Crippen LogP contribution is -2.43. The van der Waals surface area contributed by atoms with Crippen LogP contribution in [0.2, 0.25) is 0 Å². The Morgan fingerprint density at radius 3 is 2.95 bits per heavy atom. The fraction of sp³-hybridized carbons (Fsp3) is 0.533. The number of carbonyl (C=O) groups is 1. The van der Waals surface area contributed by atoms with Gasteiger partial charge >= 0.3 is 0 Å². The normalized spacial score (nSPS) is 19.1. The number of ether oxygens (including phenoxy) is 1. The van der Waals surface area contributed by atoms with Crippen LogP contribution in [0.3, 0.4) is 0 Å². The first-order chi connectivity index (χ1) is 9.65. The van der Waals surface area contributed by atoms with Gasteiger partial charge in [0, 0.05) is 31.2 Å². The lowest BCUT2D eigenvalue weighted by molar-refractivity contribution is -0.117. The molecular weight excluding hydrogens is 254 g/mol. The molecule has 0 aromatic heterocycles. The van der Waals surface area contributed by atoms with Crippen molar-refractivity contribution in [2.75, 3.05) is 39.2 Å². The Labute approximate surface area is 120 Å². The number of nitrogens with zero attached hydrogens (tertiary/aromatic N) is 1. The minimum Gasteiger partial charge on any atom is -0.378 e. The van der Waals surface area contributed by atoms with E-state index in [0.29, 0.717) is 13.0 Å². The highest BCUT2D eigenvalue weighted by atomic mass is 16.5. The highest BCUT2D eigenvalue weighted by Gasteiger charge is 2.17. The maximum absolute atomic E-state index is 12.1. The molecule has 5 nitrogen and oxygen atoms in total. The molecule has 0 bridgehead atoms. The number of amides is 1. The molecule has 2 N–H and O–H groups in total. The first-order valence-corrected chi connectivity index (χ1v) is 6.99. The van der Waals surface area contributed by atoms with Crippen molar-refractivity contribution in [1.82, 2.24) is 10.2 Å². The lowest BCUT2D eigenvalue weighted by Gasteiger charge is -2.23. The van der Waals surface area contributed by atoms with Gasteiger partial charge in [0.1, 0.15) is 0 Å². The zero-order valence-corrected chi connectivity index (χ0v) is 12.2. The van der Waals surface area contributed by atoms with E-state index < -0.39 is 0 Å². The van der Waals surface area contributed by atoms with Crippen molar-refractivity contribution in [2.24, 2.45) is 0 Å². The van der Waals surface area contributed by atoms with Gasteiger partial charge in [0.15, 0.2) is 0 Å². The van der Waals surface area contributed by atoms with Gasteiger partial charge in [-0.25, -0.2) is 0 Å². The van der Waals surface area contributed by atoms with Gasteiger partial charge in [-0.1, -0.05) is 18.2 Å². The standard InChI is InChI=1S/C15H23N3O2/c1-18(2)10-12-5-3-4-6-14(12)17-15(19)9-13-11-20-8-7-16-13/h3-6,13,16H,7-11H2,1-2H3,(H,17,19). The van der Waals surface area contributed by atoms with Crippen LogP contribution in [0.15, 0.2) is 24.3 Å². The van der Waals surface area contributed by atoms with Crippen molar-refractivity contribution in [3.05, 3.63) is 29.8 Å². The van der Waals surface area contributed by atoms with Gasteiger partial charge in [0.25, 0.3) is 0 Å². The summed E-state index contributed by atoms with van der Waals surface area (Å²) in [6.07, 6.45) is 0.441. The van der Waals surface area contributed by atoms with Crippen molar-refractivity contribution in [3.63, 3.8) is 0 Å². The SMILES string of the molecule is CN(C)Cc1ccccc1NC(=O)CC1COCCN1. The predicted octanol–water partition coefficient (Wildman–Crippen LogP) is 1.07. The van der Waals surface area contributed by atoms with Crippen molar-refractivity contribution in [1.29, 1.82) is 0 Å². The van der Waals surface area contributed by atoms with E-state index in [9.17, 15) is 4.79 Å². The summed E-state index contributed by atoms with van der Waals surface area (Å²) in [6, 6.07) is 8.03. The van der Waals surface area contributed by atoms with Crippen LogP contribution in [0.1, 0.15) is 12.0 Å². The van der Waals surface area contributed by atoms with E-state index in [1.807, 2.05) is 38.4 Å².